The summed E-state index contributed by atoms with van der Waals surface area (Å²) in [5.74, 6) is 0.0443. The van der Waals surface area contributed by atoms with Gasteiger partial charge in [0, 0.05) is 0 Å². The summed E-state index contributed by atoms with van der Waals surface area (Å²) in [7, 11) is 1.57. The van der Waals surface area contributed by atoms with E-state index in [-0.39, 0.29) is 30.8 Å². The van der Waals surface area contributed by atoms with E-state index >= 15 is 0 Å². The lowest BCUT2D eigenvalue weighted by Crippen LogP contribution is -2.46. The van der Waals surface area contributed by atoms with Crippen LogP contribution in [0.1, 0.15) is 24.4 Å². The van der Waals surface area contributed by atoms with Gasteiger partial charge < -0.3 is 4.74 Å². The molecule has 0 unspecified atom stereocenters. The highest BCUT2D eigenvalue weighted by atomic mass is 16.5. The third-order valence-electron chi connectivity index (χ3n) is 2.92. The first kappa shape index (κ1) is 14.5. The quantitative estimate of drug-likeness (QED) is 0.851. The number of rotatable bonds is 3. The molecule has 7 heteroatoms. The first-order chi connectivity index (χ1) is 10.1. The first-order valence-corrected chi connectivity index (χ1v) is 6.30. The second-order valence-electron chi connectivity index (χ2n) is 4.40. The summed E-state index contributed by atoms with van der Waals surface area (Å²) in [5.41, 5.74) is 0.845. The number of methoxy groups -OCH3 is 1. The van der Waals surface area contributed by atoms with Gasteiger partial charge in [-0.25, -0.2) is 4.99 Å². The molecule has 2 rings (SSSR count). The zero-order valence-electron chi connectivity index (χ0n) is 11.4. The summed E-state index contributed by atoms with van der Waals surface area (Å²) in [6.07, 6.45) is -0.0912. The van der Waals surface area contributed by atoms with Crippen LogP contribution in [-0.4, -0.2) is 24.9 Å². The number of nitrogens with zero attached hydrogens (tertiary/aromatic N) is 2. The van der Waals surface area contributed by atoms with Crippen LogP contribution < -0.4 is 15.4 Å². The van der Waals surface area contributed by atoms with Crippen molar-refractivity contribution in [2.75, 3.05) is 7.11 Å². The lowest BCUT2D eigenvalue weighted by molar-refractivity contribution is -0.120. The molecule has 0 fully saturated rings. The topological polar surface area (TPSA) is 104 Å². The minimum atomic E-state index is -0.507. The maximum Gasteiger partial charge on any atom is 0.240 e. The summed E-state index contributed by atoms with van der Waals surface area (Å²) < 4.78 is 5.08. The predicted octanol–water partition coefficient (Wildman–Crippen LogP) is 0.642. The molecule has 1 aliphatic heterocycles. The van der Waals surface area contributed by atoms with Gasteiger partial charge >= 0.3 is 0 Å². The molecular formula is C14H14N4O3. The van der Waals surface area contributed by atoms with Gasteiger partial charge in [-0.3, -0.25) is 20.2 Å². The maximum atomic E-state index is 11.7. The SMILES string of the molecule is COc1ccc([C@H]2CC(=O)NC(NC(=O)CC#N)=N2)cc1. The van der Waals surface area contributed by atoms with Crippen molar-refractivity contribution in [2.24, 2.45) is 4.99 Å². The van der Waals surface area contributed by atoms with E-state index in [9.17, 15) is 9.59 Å². The van der Waals surface area contributed by atoms with Crippen molar-refractivity contribution in [1.82, 2.24) is 10.6 Å². The van der Waals surface area contributed by atoms with Crippen LogP contribution in [-0.2, 0) is 9.59 Å². The first-order valence-electron chi connectivity index (χ1n) is 6.30. The fourth-order valence-corrected chi connectivity index (χ4v) is 1.92. The molecular weight excluding hydrogens is 272 g/mol. The second-order valence-corrected chi connectivity index (χ2v) is 4.40. The van der Waals surface area contributed by atoms with E-state index < -0.39 is 5.91 Å². The van der Waals surface area contributed by atoms with Crippen LogP contribution in [0.25, 0.3) is 0 Å². The molecule has 1 aromatic carbocycles. The number of hydrogen-bond acceptors (Lipinski definition) is 5. The van der Waals surface area contributed by atoms with Crippen LogP contribution in [0.3, 0.4) is 0 Å². The van der Waals surface area contributed by atoms with E-state index in [1.165, 1.54) is 0 Å². The lowest BCUT2D eigenvalue weighted by Gasteiger charge is -2.21. The predicted molar refractivity (Wildman–Crippen MR) is 74.3 cm³/mol. The van der Waals surface area contributed by atoms with Gasteiger partial charge in [0.15, 0.2) is 0 Å². The molecule has 0 bridgehead atoms. The largest absolute Gasteiger partial charge is 0.497 e. The molecule has 21 heavy (non-hydrogen) atoms. The molecule has 2 N–H and O–H groups in total. The number of amides is 2. The minimum Gasteiger partial charge on any atom is -0.497 e. The number of nitriles is 1. The smallest absolute Gasteiger partial charge is 0.240 e. The van der Waals surface area contributed by atoms with Gasteiger partial charge in [0.2, 0.25) is 17.8 Å². The average molecular weight is 286 g/mol. The Bertz CT molecular complexity index is 616. The van der Waals surface area contributed by atoms with Crippen molar-refractivity contribution in [1.29, 1.82) is 5.26 Å². The van der Waals surface area contributed by atoms with Gasteiger partial charge in [-0.1, -0.05) is 12.1 Å². The van der Waals surface area contributed by atoms with Crippen molar-refractivity contribution < 1.29 is 14.3 Å². The number of guanidine groups is 1. The highest BCUT2D eigenvalue weighted by Crippen LogP contribution is 2.25. The van der Waals surface area contributed by atoms with Gasteiger partial charge in [0.05, 0.1) is 25.6 Å². The summed E-state index contributed by atoms with van der Waals surface area (Å²) in [6.45, 7) is 0. The van der Waals surface area contributed by atoms with Crippen LogP contribution in [0, 0.1) is 11.3 Å². The van der Waals surface area contributed by atoms with Gasteiger partial charge in [-0.05, 0) is 17.7 Å². The molecule has 0 aliphatic carbocycles. The lowest BCUT2D eigenvalue weighted by atomic mass is 10.0. The van der Waals surface area contributed by atoms with E-state index in [4.69, 9.17) is 10.00 Å². The van der Waals surface area contributed by atoms with E-state index in [2.05, 4.69) is 15.6 Å². The van der Waals surface area contributed by atoms with Crippen LogP contribution in [0.4, 0.5) is 0 Å². The number of ether oxygens (including phenoxy) is 1. The van der Waals surface area contributed by atoms with Crippen molar-refractivity contribution in [3.05, 3.63) is 29.8 Å². The average Bonchev–Trinajstić information content (AvgIpc) is 2.47. The van der Waals surface area contributed by atoms with Crippen molar-refractivity contribution >= 4 is 17.8 Å². The Hall–Kier alpha value is -2.88. The Balaban J connectivity index is 2.16. The highest BCUT2D eigenvalue weighted by molar-refractivity contribution is 6.06. The van der Waals surface area contributed by atoms with Crippen molar-refractivity contribution in [2.45, 2.75) is 18.9 Å². The summed E-state index contributed by atoms with van der Waals surface area (Å²) in [5, 5.41) is 13.3. The van der Waals surface area contributed by atoms with Crippen molar-refractivity contribution in [3.8, 4) is 11.8 Å². The fourth-order valence-electron chi connectivity index (χ4n) is 1.92. The molecule has 0 radical (unpaired) electrons. The number of carbonyl (C=O) groups excluding carboxylic acids is 2. The minimum absolute atomic E-state index is 0.0762. The number of aliphatic imine (C=N–C) groups is 1. The number of hydrogen-bond donors (Lipinski definition) is 2. The zero-order chi connectivity index (χ0) is 15.2. The molecule has 0 saturated heterocycles. The molecule has 0 spiro atoms. The molecule has 1 aliphatic rings. The Kier molecular flexibility index (Phi) is 4.51. The molecule has 0 saturated carbocycles. The molecule has 1 aromatic rings. The number of benzene rings is 1. The van der Waals surface area contributed by atoms with Crippen LogP contribution in [0.15, 0.2) is 29.3 Å². The van der Waals surface area contributed by atoms with Gasteiger partial charge in [-0.15, -0.1) is 0 Å². The van der Waals surface area contributed by atoms with Crippen LogP contribution in [0.2, 0.25) is 0 Å². The Labute approximate surface area is 121 Å². The Morgan fingerprint density at radius 3 is 2.86 bits per heavy atom. The summed E-state index contributed by atoms with van der Waals surface area (Å²) in [4.78, 5) is 27.3. The molecule has 1 heterocycles. The van der Waals surface area contributed by atoms with Crippen LogP contribution >= 0.6 is 0 Å². The van der Waals surface area contributed by atoms with E-state index in [0.717, 1.165) is 5.56 Å². The Morgan fingerprint density at radius 2 is 2.24 bits per heavy atom. The number of nitrogens with one attached hydrogen (secondary N) is 2. The third-order valence-corrected chi connectivity index (χ3v) is 2.92. The second kappa shape index (κ2) is 6.52. The van der Waals surface area contributed by atoms with E-state index in [1.54, 1.807) is 25.3 Å². The third kappa shape index (κ3) is 3.79. The zero-order valence-corrected chi connectivity index (χ0v) is 11.4. The molecule has 7 nitrogen and oxygen atoms in total. The molecule has 108 valence electrons. The van der Waals surface area contributed by atoms with Crippen LogP contribution in [0.5, 0.6) is 5.75 Å². The highest BCUT2D eigenvalue weighted by Gasteiger charge is 2.23. The van der Waals surface area contributed by atoms with Gasteiger partial charge in [-0.2, -0.15) is 5.26 Å². The van der Waals surface area contributed by atoms with E-state index in [0.29, 0.717) is 5.75 Å². The molecule has 1 atom stereocenters. The normalized spacial score (nSPS) is 17.2. The van der Waals surface area contributed by atoms with E-state index in [1.807, 2.05) is 12.1 Å². The molecule has 2 amide bonds. The monoisotopic (exact) mass is 286 g/mol. The Morgan fingerprint density at radius 1 is 1.52 bits per heavy atom. The molecule has 0 aromatic heterocycles. The summed E-state index contributed by atoms with van der Waals surface area (Å²) in [6, 6.07) is 8.56. The maximum absolute atomic E-state index is 11.7. The standard InChI is InChI=1S/C14H14N4O3/c1-21-10-4-2-9(3-5-10)11-8-13(20)18-14(16-11)17-12(19)6-7-15/h2-5,11H,6,8H2,1H3,(H2,16,17,18,19,20)/t11-/m1/s1. The number of carbonyl (C=O) groups is 2. The van der Waals surface area contributed by atoms with Gasteiger partial charge in [0.25, 0.3) is 0 Å². The fraction of sp³-hybridized carbons (Fsp3) is 0.286. The summed E-state index contributed by atoms with van der Waals surface area (Å²) >= 11 is 0. The van der Waals surface area contributed by atoms with Gasteiger partial charge in [0.1, 0.15) is 12.2 Å². The van der Waals surface area contributed by atoms with Crippen molar-refractivity contribution in [3.63, 3.8) is 0 Å².